The molecule has 2 N–H and O–H groups in total. The van der Waals surface area contributed by atoms with E-state index in [1.165, 1.54) is 28.9 Å². The van der Waals surface area contributed by atoms with Crippen LogP contribution in [0.1, 0.15) is 35.9 Å². The summed E-state index contributed by atoms with van der Waals surface area (Å²) in [6.45, 7) is 3.30. The van der Waals surface area contributed by atoms with E-state index >= 15 is 0 Å². The lowest BCUT2D eigenvalue weighted by Gasteiger charge is -2.14. The number of para-hydroxylation sites is 1. The molecule has 1 aromatic carbocycles. The lowest BCUT2D eigenvalue weighted by molar-refractivity contribution is -0.141. The number of carboxylic acids is 1. The number of nitrogens with zero attached hydrogens (tertiary/aromatic N) is 2. The maximum Gasteiger partial charge on any atom is 0.308 e. The van der Waals surface area contributed by atoms with Crippen molar-refractivity contribution in [2.45, 2.75) is 26.7 Å². The number of aryl methyl sites for hydroxylation is 1. The van der Waals surface area contributed by atoms with Crippen molar-refractivity contribution in [3.63, 3.8) is 0 Å². The highest BCUT2D eigenvalue weighted by molar-refractivity contribution is 5.92. The summed E-state index contributed by atoms with van der Waals surface area (Å²) >= 11 is 0. The van der Waals surface area contributed by atoms with E-state index in [4.69, 9.17) is 5.11 Å². The quantitative estimate of drug-likeness (QED) is 0.784. The van der Waals surface area contributed by atoms with Gasteiger partial charge >= 0.3 is 5.97 Å². The van der Waals surface area contributed by atoms with Gasteiger partial charge in [-0.1, -0.05) is 25.5 Å². The maximum absolute atomic E-state index is 14.0. The first-order valence-electron chi connectivity index (χ1n) is 8.22. The van der Waals surface area contributed by atoms with Crippen molar-refractivity contribution in [1.29, 1.82) is 0 Å². The molecule has 26 heavy (non-hydrogen) atoms. The molecule has 2 aromatic rings. The fourth-order valence-electron chi connectivity index (χ4n) is 2.53. The average Bonchev–Trinajstić information content (AvgIpc) is 2.59. The third-order valence-corrected chi connectivity index (χ3v) is 3.90. The molecule has 0 radical (unpaired) electrons. The van der Waals surface area contributed by atoms with Gasteiger partial charge in [0, 0.05) is 18.3 Å². The first-order valence-corrected chi connectivity index (χ1v) is 8.22. The number of nitrogens with one attached hydrogen (secondary N) is 1. The number of aromatic nitrogens is 2. The Kier molecular flexibility index (Phi) is 6.21. The molecule has 8 heteroatoms. The first kappa shape index (κ1) is 19.3. The van der Waals surface area contributed by atoms with Crippen LogP contribution in [0.5, 0.6) is 0 Å². The second kappa shape index (κ2) is 8.37. The summed E-state index contributed by atoms with van der Waals surface area (Å²) in [5.74, 6) is -3.11. The highest BCUT2D eigenvalue weighted by Crippen LogP contribution is 2.13. The maximum atomic E-state index is 14.0. The molecule has 1 atom stereocenters. The summed E-state index contributed by atoms with van der Waals surface area (Å²) in [5, 5.41) is 15.5. The van der Waals surface area contributed by atoms with Crippen LogP contribution in [0, 0.1) is 18.7 Å². The fraction of sp³-hybridized carbons (Fsp3) is 0.333. The van der Waals surface area contributed by atoms with Crippen LogP contribution in [-0.4, -0.2) is 33.3 Å². The predicted octanol–water partition coefficient (Wildman–Crippen LogP) is 1.91. The molecule has 0 spiro atoms. The number of carbonyl (C=O) groups is 2. The van der Waals surface area contributed by atoms with Crippen LogP contribution in [0.15, 0.2) is 35.1 Å². The lowest BCUT2D eigenvalue weighted by Crippen LogP contribution is -2.36. The van der Waals surface area contributed by atoms with Gasteiger partial charge < -0.3 is 10.4 Å². The van der Waals surface area contributed by atoms with Gasteiger partial charge in [-0.3, -0.25) is 14.4 Å². The second-order valence-corrected chi connectivity index (χ2v) is 5.90. The molecule has 0 aliphatic carbocycles. The highest BCUT2D eigenvalue weighted by atomic mass is 19.1. The standard InChI is InChI=1S/C18H20FN3O4/c1-3-6-12(18(25)26)10-20-17(24)16-15(23)9-11(2)22(21-16)14-8-5-4-7-13(14)19/h4-5,7-9,12H,3,6,10H2,1-2H3,(H,20,24)(H,25,26). The molecule has 138 valence electrons. The van der Waals surface area contributed by atoms with Gasteiger partial charge in [-0.05, 0) is 25.5 Å². The molecule has 7 nitrogen and oxygen atoms in total. The van der Waals surface area contributed by atoms with Gasteiger partial charge in [0.15, 0.2) is 5.69 Å². The van der Waals surface area contributed by atoms with E-state index in [0.717, 1.165) is 0 Å². The zero-order chi connectivity index (χ0) is 19.3. The van der Waals surface area contributed by atoms with E-state index < -0.39 is 34.7 Å². The van der Waals surface area contributed by atoms with Crippen molar-refractivity contribution < 1.29 is 19.1 Å². The number of benzene rings is 1. The van der Waals surface area contributed by atoms with Crippen LogP contribution >= 0.6 is 0 Å². The number of rotatable bonds is 7. The average molecular weight is 361 g/mol. The van der Waals surface area contributed by atoms with Crippen molar-refractivity contribution in [1.82, 2.24) is 15.1 Å². The van der Waals surface area contributed by atoms with E-state index in [1.807, 2.05) is 6.92 Å². The topological polar surface area (TPSA) is 101 Å². The zero-order valence-corrected chi connectivity index (χ0v) is 14.5. The number of aliphatic carboxylic acids is 1. The minimum atomic E-state index is -1.02. The number of hydrogen-bond acceptors (Lipinski definition) is 4. The Morgan fingerprint density at radius 2 is 2.04 bits per heavy atom. The predicted molar refractivity (Wildman–Crippen MR) is 92.9 cm³/mol. The van der Waals surface area contributed by atoms with E-state index in [0.29, 0.717) is 18.5 Å². The van der Waals surface area contributed by atoms with Gasteiger partial charge in [0.05, 0.1) is 5.92 Å². The van der Waals surface area contributed by atoms with Gasteiger partial charge in [-0.15, -0.1) is 0 Å². The monoisotopic (exact) mass is 361 g/mol. The zero-order valence-electron chi connectivity index (χ0n) is 14.5. The fourth-order valence-corrected chi connectivity index (χ4v) is 2.53. The van der Waals surface area contributed by atoms with E-state index in [9.17, 15) is 18.8 Å². The largest absolute Gasteiger partial charge is 0.481 e. The molecule has 0 aliphatic rings. The second-order valence-electron chi connectivity index (χ2n) is 5.90. The number of halogens is 1. The third kappa shape index (κ3) is 4.33. The van der Waals surface area contributed by atoms with Crippen LogP contribution < -0.4 is 10.7 Å². The molecule has 1 heterocycles. The van der Waals surface area contributed by atoms with Crippen molar-refractivity contribution in [3.8, 4) is 5.69 Å². The molecule has 1 amide bonds. The van der Waals surface area contributed by atoms with Crippen molar-refractivity contribution in [2.24, 2.45) is 5.92 Å². The van der Waals surface area contributed by atoms with Gasteiger partial charge in [0.2, 0.25) is 5.43 Å². The minimum Gasteiger partial charge on any atom is -0.481 e. The Labute approximate surface area is 149 Å². The molecule has 0 saturated carbocycles. The summed E-state index contributed by atoms with van der Waals surface area (Å²) in [6, 6.07) is 7.04. The Morgan fingerprint density at radius 1 is 1.35 bits per heavy atom. The molecule has 1 unspecified atom stereocenters. The summed E-state index contributed by atoms with van der Waals surface area (Å²) in [4.78, 5) is 35.6. The van der Waals surface area contributed by atoms with E-state index in [2.05, 4.69) is 10.4 Å². The Morgan fingerprint density at radius 3 is 2.65 bits per heavy atom. The van der Waals surface area contributed by atoms with Crippen molar-refractivity contribution in [2.75, 3.05) is 6.54 Å². The number of carboxylic acid groups (broad SMARTS) is 1. The van der Waals surface area contributed by atoms with Crippen molar-refractivity contribution >= 4 is 11.9 Å². The molecule has 0 bridgehead atoms. The lowest BCUT2D eigenvalue weighted by atomic mass is 10.0. The number of carbonyl (C=O) groups excluding carboxylic acids is 1. The molecule has 2 rings (SSSR count). The number of amides is 1. The summed E-state index contributed by atoms with van der Waals surface area (Å²) in [6.07, 6.45) is 1.05. The van der Waals surface area contributed by atoms with Crippen LogP contribution in [-0.2, 0) is 4.79 Å². The Balaban J connectivity index is 2.31. The van der Waals surface area contributed by atoms with Gasteiger partial charge in [-0.25, -0.2) is 9.07 Å². The summed E-state index contributed by atoms with van der Waals surface area (Å²) in [7, 11) is 0. The Hall–Kier alpha value is -3.03. The van der Waals surface area contributed by atoms with Gasteiger partial charge in [0.25, 0.3) is 5.91 Å². The summed E-state index contributed by atoms with van der Waals surface area (Å²) in [5.41, 5.74) is -0.561. The van der Waals surface area contributed by atoms with Crippen LogP contribution in [0.4, 0.5) is 4.39 Å². The van der Waals surface area contributed by atoms with Crippen LogP contribution in [0.3, 0.4) is 0 Å². The molecule has 0 saturated heterocycles. The molecule has 1 aromatic heterocycles. The van der Waals surface area contributed by atoms with E-state index in [1.54, 1.807) is 13.0 Å². The van der Waals surface area contributed by atoms with Gasteiger partial charge in [-0.2, -0.15) is 5.10 Å². The van der Waals surface area contributed by atoms with Crippen LogP contribution in [0.2, 0.25) is 0 Å². The summed E-state index contributed by atoms with van der Waals surface area (Å²) < 4.78 is 15.2. The number of hydrogen-bond donors (Lipinski definition) is 2. The molecule has 0 aliphatic heterocycles. The third-order valence-electron chi connectivity index (χ3n) is 3.90. The first-order chi connectivity index (χ1) is 12.3. The smallest absolute Gasteiger partial charge is 0.308 e. The van der Waals surface area contributed by atoms with Crippen molar-refractivity contribution in [3.05, 3.63) is 57.8 Å². The molecular formula is C18H20FN3O4. The molecule has 0 fully saturated rings. The molecular weight excluding hydrogens is 341 g/mol. The van der Waals surface area contributed by atoms with E-state index in [-0.39, 0.29) is 12.2 Å². The Bertz CT molecular complexity index is 879. The SMILES string of the molecule is CCCC(CNC(=O)c1nn(-c2ccccc2F)c(C)cc1=O)C(=O)O. The minimum absolute atomic E-state index is 0.105. The van der Waals surface area contributed by atoms with Crippen LogP contribution in [0.25, 0.3) is 5.69 Å². The normalized spacial score (nSPS) is 11.8. The van der Waals surface area contributed by atoms with Gasteiger partial charge in [0.1, 0.15) is 11.5 Å². The highest BCUT2D eigenvalue weighted by Gasteiger charge is 2.20.